The van der Waals surface area contributed by atoms with Gasteiger partial charge in [0.15, 0.2) is 0 Å². The fraction of sp³-hybridized carbons (Fsp3) is 0.923. The van der Waals surface area contributed by atoms with Gasteiger partial charge in [-0.15, -0.1) is 0 Å². The Labute approximate surface area is 200 Å². The Morgan fingerprint density at radius 3 is 1.82 bits per heavy atom. The Morgan fingerprint density at radius 2 is 1.36 bits per heavy atom. The van der Waals surface area contributed by atoms with Crippen LogP contribution in [0.2, 0.25) is 0 Å². The molecule has 0 radical (unpaired) electrons. The monoisotopic (exact) mass is 472 g/mol. The Kier molecular flexibility index (Phi) is 10.8. The van der Waals surface area contributed by atoms with E-state index < -0.39 is 35.2 Å². The van der Waals surface area contributed by atoms with Crippen LogP contribution in [-0.2, 0) is 29.1 Å². The van der Waals surface area contributed by atoms with Crippen LogP contribution in [-0.4, -0.2) is 28.9 Å². The van der Waals surface area contributed by atoms with Crippen molar-refractivity contribution in [2.45, 2.75) is 132 Å². The van der Waals surface area contributed by atoms with Gasteiger partial charge < -0.3 is 5.11 Å². The minimum atomic E-state index is -1.46. The van der Waals surface area contributed by atoms with Crippen molar-refractivity contribution in [3.63, 3.8) is 0 Å². The van der Waals surface area contributed by atoms with Gasteiger partial charge in [-0.1, -0.05) is 74.7 Å². The summed E-state index contributed by atoms with van der Waals surface area (Å²) in [6, 6.07) is 0. The molecule has 1 saturated heterocycles. The molecule has 1 rings (SSSR count). The maximum Gasteiger partial charge on any atom is 0.420 e. The molecule has 0 aliphatic carbocycles. The predicted molar refractivity (Wildman–Crippen MR) is 126 cm³/mol. The largest absolute Gasteiger partial charge is 0.420 e. The van der Waals surface area contributed by atoms with Crippen LogP contribution in [0.1, 0.15) is 120 Å². The molecule has 2 atom stereocenters. The molecule has 1 fully saturated rings. The van der Waals surface area contributed by atoms with E-state index in [1.807, 2.05) is 13.8 Å². The highest BCUT2D eigenvalue weighted by atomic mass is 17.4. The van der Waals surface area contributed by atoms with Gasteiger partial charge in [0.2, 0.25) is 0 Å². The van der Waals surface area contributed by atoms with Gasteiger partial charge in [0.05, 0.1) is 12.0 Å². The molecule has 33 heavy (non-hydrogen) atoms. The zero-order valence-electron chi connectivity index (χ0n) is 22.4. The topological polar surface area (TPSA) is 97.9 Å². The van der Waals surface area contributed by atoms with E-state index >= 15 is 0 Å². The van der Waals surface area contributed by atoms with Gasteiger partial charge >= 0.3 is 17.7 Å². The molecule has 2 unspecified atom stereocenters. The molecule has 0 aromatic heterocycles. The van der Waals surface area contributed by atoms with Crippen molar-refractivity contribution in [1.82, 2.24) is 0 Å². The van der Waals surface area contributed by atoms with Crippen LogP contribution >= 0.6 is 0 Å². The molecule has 0 saturated carbocycles. The normalized spacial score (nSPS) is 17.9. The standard InChI is InChI=1S/C26H48O7/c1-19(27)18-25(8,9)20(14-10-11-15-23(2,3)4)21(28)30-31-22(29)26(32-33-26)17-13-12-16-24(5,6)7/h19-20,27H,10-18H2,1-9H3. The number of aliphatic hydroxyl groups is 1. The van der Waals surface area contributed by atoms with Crippen LogP contribution in [0.4, 0.5) is 0 Å². The van der Waals surface area contributed by atoms with E-state index in [0.717, 1.165) is 38.5 Å². The molecular formula is C26H48O7. The fourth-order valence-corrected chi connectivity index (χ4v) is 4.25. The Balaban J connectivity index is 2.63. The maximum atomic E-state index is 12.9. The van der Waals surface area contributed by atoms with Crippen molar-refractivity contribution >= 4 is 11.9 Å². The summed E-state index contributed by atoms with van der Waals surface area (Å²) in [7, 11) is 0. The third-order valence-corrected chi connectivity index (χ3v) is 6.20. The van der Waals surface area contributed by atoms with Crippen LogP contribution in [0.25, 0.3) is 0 Å². The number of hydrogen-bond acceptors (Lipinski definition) is 7. The van der Waals surface area contributed by atoms with Crippen LogP contribution in [0, 0.1) is 22.2 Å². The minimum Gasteiger partial charge on any atom is -0.393 e. The van der Waals surface area contributed by atoms with E-state index in [9.17, 15) is 14.7 Å². The quantitative estimate of drug-likeness (QED) is 0.146. The third-order valence-electron chi connectivity index (χ3n) is 6.20. The van der Waals surface area contributed by atoms with Gasteiger partial charge in [-0.25, -0.2) is 19.4 Å². The van der Waals surface area contributed by atoms with Gasteiger partial charge in [-0.05, 0) is 55.3 Å². The van der Waals surface area contributed by atoms with Gasteiger partial charge in [0.1, 0.15) is 0 Å². The maximum absolute atomic E-state index is 12.9. The van der Waals surface area contributed by atoms with Crippen molar-refractivity contribution in [2.75, 3.05) is 0 Å². The molecule has 7 nitrogen and oxygen atoms in total. The number of carbonyl (C=O) groups excluding carboxylic acids is 2. The highest BCUT2D eigenvalue weighted by Gasteiger charge is 2.59. The summed E-state index contributed by atoms with van der Waals surface area (Å²) in [6.07, 6.45) is 6.37. The summed E-state index contributed by atoms with van der Waals surface area (Å²) >= 11 is 0. The number of rotatable bonds is 13. The molecule has 1 aliphatic rings. The van der Waals surface area contributed by atoms with Gasteiger partial charge in [-0.3, -0.25) is 0 Å². The average molecular weight is 473 g/mol. The lowest BCUT2D eigenvalue weighted by molar-refractivity contribution is -0.269. The number of hydrogen-bond donors (Lipinski definition) is 1. The Morgan fingerprint density at radius 1 is 0.848 bits per heavy atom. The first-order chi connectivity index (χ1) is 15.0. The third kappa shape index (κ3) is 11.7. The molecule has 0 bridgehead atoms. The zero-order valence-corrected chi connectivity index (χ0v) is 22.4. The molecular weight excluding hydrogens is 424 g/mol. The van der Waals surface area contributed by atoms with Crippen molar-refractivity contribution in [2.24, 2.45) is 22.2 Å². The molecule has 194 valence electrons. The summed E-state index contributed by atoms with van der Waals surface area (Å²) in [5.74, 6) is -3.42. The summed E-state index contributed by atoms with van der Waals surface area (Å²) in [5.41, 5.74) is -0.0715. The first-order valence-electron chi connectivity index (χ1n) is 12.5. The highest BCUT2D eigenvalue weighted by molar-refractivity contribution is 5.80. The van der Waals surface area contributed by atoms with Crippen molar-refractivity contribution < 1.29 is 34.2 Å². The molecule has 1 N–H and O–H groups in total. The second-order valence-electron chi connectivity index (χ2n) is 12.9. The lowest BCUT2D eigenvalue weighted by atomic mass is 9.72. The highest BCUT2D eigenvalue weighted by Crippen LogP contribution is 2.39. The second-order valence-corrected chi connectivity index (χ2v) is 12.9. The van der Waals surface area contributed by atoms with E-state index in [0.29, 0.717) is 19.3 Å². The lowest BCUT2D eigenvalue weighted by Gasteiger charge is -2.33. The summed E-state index contributed by atoms with van der Waals surface area (Å²) < 4.78 is 0. The molecule has 0 spiro atoms. The van der Waals surface area contributed by atoms with Gasteiger partial charge in [-0.2, -0.15) is 9.78 Å². The van der Waals surface area contributed by atoms with E-state index in [2.05, 4.69) is 41.5 Å². The molecule has 0 aromatic carbocycles. The Hall–Kier alpha value is -1.18. The molecule has 1 heterocycles. The number of carbonyl (C=O) groups is 2. The van der Waals surface area contributed by atoms with E-state index in [1.54, 1.807) is 6.92 Å². The van der Waals surface area contributed by atoms with E-state index in [4.69, 9.17) is 19.6 Å². The average Bonchev–Trinajstić information content (AvgIpc) is 3.41. The number of unbranched alkanes of at least 4 members (excludes halogenated alkanes) is 2. The lowest BCUT2D eigenvalue weighted by Crippen LogP contribution is -2.36. The van der Waals surface area contributed by atoms with Crippen LogP contribution < -0.4 is 0 Å². The van der Waals surface area contributed by atoms with Crippen LogP contribution in [0.3, 0.4) is 0 Å². The number of aliphatic hydroxyl groups excluding tert-OH is 1. The summed E-state index contributed by atoms with van der Waals surface area (Å²) in [6.45, 7) is 18.6. The van der Waals surface area contributed by atoms with Gasteiger partial charge in [0.25, 0.3) is 0 Å². The smallest absolute Gasteiger partial charge is 0.393 e. The summed E-state index contributed by atoms with van der Waals surface area (Å²) in [4.78, 5) is 45.1. The second kappa shape index (κ2) is 12.0. The molecule has 7 heteroatoms. The molecule has 0 aromatic rings. The van der Waals surface area contributed by atoms with E-state index in [-0.39, 0.29) is 10.8 Å². The zero-order chi connectivity index (χ0) is 25.5. The molecule has 0 amide bonds. The minimum absolute atomic E-state index is 0.217. The fourth-order valence-electron chi connectivity index (χ4n) is 4.25. The SMILES string of the molecule is CC(O)CC(C)(C)C(CCCCC(C)(C)C)C(=O)OOC(=O)C1(CCCCC(C)(C)C)OO1. The van der Waals surface area contributed by atoms with Gasteiger partial charge in [0, 0.05) is 6.42 Å². The van der Waals surface area contributed by atoms with Crippen molar-refractivity contribution in [3.05, 3.63) is 0 Å². The Bertz CT molecular complexity index is 622. The van der Waals surface area contributed by atoms with Crippen molar-refractivity contribution in [1.29, 1.82) is 0 Å². The van der Waals surface area contributed by atoms with E-state index in [1.165, 1.54) is 0 Å². The van der Waals surface area contributed by atoms with Crippen LogP contribution in [0.15, 0.2) is 0 Å². The van der Waals surface area contributed by atoms with Crippen molar-refractivity contribution in [3.8, 4) is 0 Å². The molecule has 1 aliphatic heterocycles. The first kappa shape index (κ1) is 29.9. The predicted octanol–water partition coefficient (Wildman–Crippen LogP) is 6.27. The first-order valence-corrected chi connectivity index (χ1v) is 12.5. The van der Waals surface area contributed by atoms with Crippen LogP contribution in [0.5, 0.6) is 0 Å². The summed E-state index contributed by atoms with van der Waals surface area (Å²) in [5, 5.41) is 9.91.